The van der Waals surface area contributed by atoms with E-state index in [1.54, 1.807) is 0 Å². The van der Waals surface area contributed by atoms with Gasteiger partial charge in [0.05, 0.1) is 12.2 Å². The van der Waals surface area contributed by atoms with E-state index < -0.39 is 0 Å². The van der Waals surface area contributed by atoms with Crippen molar-refractivity contribution in [1.29, 1.82) is 0 Å². The van der Waals surface area contributed by atoms with Gasteiger partial charge in [0.2, 0.25) is 0 Å². The molecule has 3 atom stereocenters. The summed E-state index contributed by atoms with van der Waals surface area (Å²) in [4.78, 5) is 11.7. The monoisotopic (exact) mass is 270 g/mol. The molecular formula is C14H26N2O3. The fourth-order valence-electron chi connectivity index (χ4n) is 2.91. The highest BCUT2D eigenvalue weighted by atomic mass is 16.5. The summed E-state index contributed by atoms with van der Waals surface area (Å²) in [5.74, 6) is 0.942. The highest BCUT2D eigenvalue weighted by molar-refractivity contribution is 5.73. The normalized spacial score (nSPS) is 30.8. The largest absolute Gasteiger partial charge is 0.378 e. The maximum Gasteiger partial charge on any atom is 0.314 e. The molecule has 2 heterocycles. The van der Waals surface area contributed by atoms with E-state index in [1.807, 2.05) is 0 Å². The lowest BCUT2D eigenvalue weighted by Gasteiger charge is -2.22. The summed E-state index contributed by atoms with van der Waals surface area (Å²) in [5, 5.41) is 5.82. The molecule has 2 N–H and O–H groups in total. The van der Waals surface area contributed by atoms with Crippen molar-refractivity contribution in [2.75, 3.05) is 26.3 Å². The van der Waals surface area contributed by atoms with Crippen molar-refractivity contribution in [2.45, 2.75) is 45.3 Å². The first-order chi connectivity index (χ1) is 9.16. The van der Waals surface area contributed by atoms with Crippen LogP contribution in [0, 0.1) is 11.8 Å². The minimum atomic E-state index is -0.0927. The maximum absolute atomic E-state index is 11.7. The Hall–Kier alpha value is -0.810. The highest BCUT2D eigenvalue weighted by Gasteiger charge is 2.30. The molecule has 0 aliphatic carbocycles. The van der Waals surface area contributed by atoms with Crippen molar-refractivity contribution in [1.82, 2.24) is 10.6 Å². The predicted octanol–water partition coefficient (Wildman–Crippen LogP) is 1.53. The van der Waals surface area contributed by atoms with Crippen LogP contribution < -0.4 is 10.6 Å². The lowest BCUT2D eigenvalue weighted by molar-refractivity contribution is 0.0544. The van der Waals surface area contributed by atoms with Gasteiger partial charge in [-0.25, -0.2) is 4.79 Å². The van der Waals surface area contributed by atoms with Crippen LogP contribution in [0.5, 0.6) is 0 Å². The SMILES string of the molecule is CC(C)[C@H]1OCC[C@@H]1CNC(=O)NC[C@@H]1CCCO1. The molecule has 5 nitrogen and oxygen atoms in total. The molecule has 0 unspecified atom stereocenters. The third kappa shape index (κ3) is 4.35. The minimum absolute atomic E-state index is 0.0927. The van der Waals surface area contributed by atoms with Gasteiger partial charge in [-0.2, -0.15) is 0 Å². The molecule has 0 radical (unpaired) electrons. The number of carbonyl (C=O) groups excluding carboxylic acids is 1. The van der Waals surface area contributed by atoms with Gasteiger partial charge in [-0.05, 0) is 25.2 Å². The van der Waals surface area contributed by atoms with E-state index in [1.165, 1.54) is 0 Å². The predicted molar refractivity (Wildman–Crippen MR) is 73.1 cm³/mol. The lowest BCUT2D eigenvalue weighted by atomic mass is 9.93. The Balaban J connectivity index is 1.62. The average Bonchev–Trinajstić information content (AvgIpc) is 3.04. The standard InChI is InChI=1S/C14H26N2O3/c1-10(2)13-11(5-7-19-13)8-15-14(17)16-9-12-4-3-6-18-12/h10-13H,3-9H2,1-2H3,(H2,15,16,17)/t11-,12+,13-/m1/s1. The van der Waals surface area contributed by atoms with E-state index in [-0.39, 0.29) is 18.2 Å². The van der Waals surface area contributed by atoms with Crippen LogP contribution in [-0.2, 0) is 9.47 Å². The Morgan fingerprint density at radius 3 is 2.63 bits per heavy atom. The van der Waals surface area contributed by atoms with E-state index in [0.717, 1.165) is 32.5 Å². The molecule has 2 saturated heterocycles. The first-order valence-electron chi connectivity index (χ1n) is 7.41. The molecule has 0 aromatic heterocycles. The van der Waals surface area contributed by atoms with E-state index >= 15 is 0 Å². The Morgan fingerprint density at radius 2 is 1.95 bits per heavy atom. The number of nitrogens with one attached hydrogen (secondary N) is 2. The molecule has 0 bridgehead atoms. The van der Waals surface area contributed by atoms with Gasteiger partial charge in [-0.15, -0.1) is 0 Å². The number of hydrogen-bond acceptors (Lipinski definition) is 3. The van der Waals surface area contributed by atoms with Gasteiger partial charge in [0.15, 0.2) is 0 Å². The second kappa shape index (κ2) is 7.10. The molecule has 0 aromatic rings. The topological polar surface area (TPSA) is 59.6 Å². The van der Waals surface area contributed by atoms with Gasteiger partial charge in [0, 0.05) is 32.2 Å². The van der Waals surface area contributed by atoms with Crippen LogP contribution in [0.4, 0.5) is 4.79 Å². The number of amides is 2. The zero-order chi connectivity index (χ0) is 13.7. The minimum Gasteiger partial charge on any atom is -0.378 e. The first kappa shape index (κ1) is 14.6. The summed E-state index contributed by atoms with van der Waals surface area (Å²) < 4.78 is 11.2. The molecule has 2 rings (SSSR count). The third-order valence-electron chi connectivity index (χ3n) is 3.96. The molecule has 19 heavy (non-hydrogen) atoms. The average molecular weight is 270 g/mol. The van der Waals surface area contributed by atoms with Crippen LogP contribution in [-0.4, -0.2) is 44.5 Å². The van der Waals surface area contributed by atoms with Crippen molar-refractivity contribution >= 4 is 6.03 Å². The molecular weight excluding hydrogens is 244 g/mol. The van der Waals surface area contributed by atoms with E-state index in [2.05, 4.69) is 24.5 Å². The third-order valence-corrected chi connectivity index (χ3v) is 3.96. The zero-order valence-electron chi connectivity index (χ0n) is 12.0. The molecule has 110 valence electrons. The molecule has 2 aliphatic heterocycles. The van der Waals surface area contributed by atoms with Gasteiger partial charge >= 0.3 is 6.03 Å². The van der Waals surface area contributed by atoms with Crippen LogP contribution in [0.2, 0.25) is 0 Å². The van der Waals surface area contributed by atoms with Crippen LogP contribution in [0.3, 0.4) is 0 Å². The fraction of sp³-hybridized carbons (Fsp3) is 0.929. The van der Waals surface area contributed by atoms with Gasteiger partial charge in [-0.3, -0.25) is 0 Å². The van der Waals surface area contributed by atoms with Crippen molar-refractivity contribution < 1.29 is 14.3 Å². The second-order valence-corrected chi connectivity index (χ2v) is 5.85. The van der Waals surface area contributed by atoms with Gasteiger partial charge in [0.25, 0.3) is 0 Å². The summed E-state index contributed by atoms with van der Waals surface area (Å²) in [6.45, 7) is 7.28. The van der Waals surface area contributed by atoms with Crippen molar-refractivity contribution in [3.8, 4) is 0 Å². The summed E-state index contributed by atoms with van der Waals surface area (Å²) in [6.07, 6.45) is 3.66. The van der Waals surface area contributed by atoms with Crippen molar-refractivity contribution in [3.05, 3.63) is 0 Å². The van der Waals surface area contributed by atoms with E-state index in [4.69, 9.17) is 9.47 Å². The fourth-order valence-corrected chi connectivity index (χ4v) is 2.91. The van der Waals surface area contributed by atoms with Gasteiger partial charge in [-0.1, -0.05) is 13.8 Å². The Bertz CT molecular complexity index is 290. The van der Waals surface area contributed by atoms with Crippen LogP contribution in [0.15, 0.2) is 0 Å². The molecule has 2 aliphatic rings. The quantitative estimate of drug-likeness (QED) is 0.796. The van der Waals surface area contributed by atoms with Crippen LogP contribution >= 0.6 is 0 Å². The van der Waals surface area contributed by atoms with Gasteiger partial charge < -0.3 is 20.1 Å². The van der Waals surface area contributed by atoms with Crippen molar-refractivity contribution in [3.63, 3.8) is 0 Å². The summed E-state index contributed by atoms with van der Waals surface area (Å²) in [6, 6.07) is -0.0927. The second-order valence-electron chi connectivity index (χ2n) is 5.85. The molecule has 0 aromatic carbocycles. The molecule has 0 spiro atoms. The van der Waals surface area contributed by atoms with Crippen molar-refractivity contribution in [2.24, 2.45) is 11.8 Å². The van der Waals surface area contributed by atoms with Crippen LogP contribution in [0.25, 0.3) is 0 Å². The van der Waals surface area contributed by atoms with Gasteiger partial charge in [0.1, 0.15) is 0 Å². The highest BCUT2D eigenvalue weighted by Crippen LogP contribution is 2.25. The Kier molecular flexibility index (Phi) is 5.45. The maximum atomic E-state index is 11.7. The lowest BCUT2D eigenvalue weighted by Crippen LogP contribution is -2.43. The number of urea groups is 1. The molecule has 0 saturated carbocycles. The van der Waals surface area contributed by atoms with Crippen LogP contribution in [0.1, 0.15) is 33.1 Å². The summed E-state index contributed by atoms with van der Waals surface area (Å²) in [7, 11) is 0. The number of carbonyl (C=O) groups is 1. The smallest absolute Gasteiger partial charge is 0.314 e. The Morgan fingerprint density at radius 1 is 1.16 bits per heavy atom. The number of hydrogen-bond donors (Lipinski definition) is 2. The number of rotatable bonds is 5. The number of ether oxygens (including phenoxy) is 2. The van der Waals surface area contributed by atoms with E-state index in [0.29, 0.717) is 24.9 Å². The Labute approximate surface area is 115 Å². The summed E-state index contributed by atoms with van der Waals surface area (Å²) in [5.41, 5.74) is 0. The first-order valence-corrected chi connectivity index (χ1v) is 7.41. The molecule has 2 amide bonds. The molecule has 2 fully saturated rings. The zero-order valence-corrected chi connectivity index (χ0v) is 12.0. The molecule has 5 heteroatoms. The van der Waals surface area contributed by atoms with E-state index in [9.17, 15) is 4.79 Å². The summed E-state index contributed by atoms with van der Waals surface area (Å²) >= 11 is 0.